The highest BCUT2D eigenvalue weighted by molar-refractivity contribution is 9.10. The van der Waals surface area contributed by atoms with Crippen LogP contribution in [0.25, 0.3) is 0 Å². The second kappa shape index (κ2) is 6.47. The van der Waals surface area contributed by atoms with Crippen molar-refractivity contribution in [3.8, 4) is 5.75 Å². The van der Waals surface area contributed by atoms with Crippen molar-refractivity contribution in [1.29, 1.82) is 0 Å². The van der Waals surface area contributed by atoms with Crippen molar-refractivity contribution in [2.45, 2.75) is 20.0 Å². The third-order valence-electron chi connectivity index (χ3n) is 3.70. The van der Waals surface area contributed by atoms with Crippen LogP contribution >= 0.6 is 15.9 Å². The van der Waals surface area contributed by atoms with Crippen molar-refractivity contribution in [2.24, 2.45) is 11.8 Å². The third-order valence-corrected chi connectivity index (χ3v) is 4.19. The number of hydrogen-bond acceptors (Lipinski definition) is 3. The number of benzene rings is 1. The Hall–Kier alpha value is -1.56. The maximum Gasteiger partial charge on any atom is 0.308 e. The zero-order chi connectivity index (χ0) is 15.6. The second-order valence-electron chi connectivity index (χ2n) is 5.38. The maximum atomic E-state index is 12.3. The van der Waals surface area contributed by atoms with Gasteiger partial charge in [-0.05, 0) is 31.0 Å². The first-order valence-corrected chi connectivity index (χ1v) is 7.61. The van der Waals surface area contributed by atoms with E-state index in [-0.39, 0.29) is 18.4 Å². The highest BCUT2D eigenvalue weighted by Crippen LogP contribution is 2.25. The van der Waals surface area contributed by atoms with Crippen LogP contribution in [0.5, 0.6) is 5.75 Å². The van der Waals surface area contributed by atoms with Crippen LogP contribution in [0.2, 0.25) is 0 Å². The lowest BCUT2D eigenvalue weighted by molar-refractivity contribution is -0.142. The zero-order valence-electron chi connectivity index (χ0n) is 12.0. The molecule has 21 heavy (non-hydrogen) atoms. The Kier molecular flexibility index (Phi) is 4.88. The smallest absolute Gasteiger partial charge is 0.308 e. The number of ether oxygens (including phenoxy) is 1. The first-order chi connectivity index (χ1) is 9.88. The predicted molar refractivity (Wildman–Crippen MR) is 81.1 cm³/mol. The number of carbonyl (C=O) groups is 2. The van der Waals surface area contributed by atoms with Gasteiger partial charge in [-0.25, -0.2) is 0 Å². The quantitative estimate of drug-likeness (QED) is 0.900. The number of carboxylic acid groups (broad SMARTS) is 1. The Bertz CT molecular complexity index is 548. The SMILES string of the molecule is CC(Oc1cccc(Br)c1)C(=O)N1C[C@@H](C)[C@H](C(=O)O)C1. The molecule has 1 amide bonds. The van der Waals surface area contributed by atoms with Gasteiger partial charge in [0, 0.05) is 17.6 Å². The summed E-state index contributed by atoms with van der Waals surface area (Å²) in [6.45, 7) is 4.25. The minimum Gasteiger partial charge on any atom is -0.481 e. The normalized spacial score (nSPS) is 22.9. The van der Waals surface area contributed by atoms with Gasteiger partial charge in [0.25, 0.3) is 5.91 Å². The summed E-state index contributed by atoms with van der Waals surface area (Å²) in [5, 5.41) is 9.11. The lowest BCUT2D eigenvalue weighted by Gasteiger charge is -2.21. The summed E-state index contributed by atoms with van der Waals surface area (Å²) in [4.78, 5) is 25.0. The minimum absolute atomic E-state index is 0.0375. The molecule has 3 atom stereocenters. The zero-order valence-corrected chi connectivity index (χ0v) is 13.5. The van der Waals surface area contributed by atoms with E-state index in [1.165, 1.54) is 0 Å². The second-order valence-corrected chi connectivity index (χ2v) is 6.30. The molecule has 1 aliphatic rings. The lowest BCUT2D eigenvalue weighted by atomic mass is 9.99. The molecule has 5 nitrogen and oxygen atoms in total. The fourth-order valence-corrected chi connectivity index (χ4v) is 2.90. The van der Waals surface area contributed by atoms with E-state index < -0.39 is 18.0 Å². The van der Waals surface area contributed by atoms with E-state index in [1.54, 1.807) is 24.0 Å². The van der Waals surface area contributed by atoms with Crippen molar-refractivity contribution in [1.82, 2.24) is 4.90 Å². The average Bonchev–Trinajstić information content (AvgIpc) is 2.80. The van der Waals surface area contributed by atoms with Crippen molar-refractivity contribution >= 4 is 27.8 Å². The van der Waals surface area contributed by atoms with Gasteiger partial charge >= 0.3 is 5.97 Å². The molecule has 6 heteroatoms. The van der Waals surface area contributed by atoms with Gasteiger partial charge in [0.15, 0.2) is 6.10 Å². The molecular formula is C15H18BrNO4. The van der Waals surface area contributed by atoms with Crippen molar-refractivity contribution in [2.75, 3.05) is 13.1 Å². The van der Waals surface area contributed by atoms with E-state index >= 15 is 0 Å². The highest BCUT2D eigenvalue weighted by Gasteiger charge is 2.38. The Labute approximate surface area is 132 Å². The topological polar surface area (TPSA) is 66.8 Å². The average molecular weight is 356 g/mol. The lowest BCUT2D eigenvalue weighted by Crippen LogP contribution is -2.39. The fraction of sp³-hybridized carbons (Fsp3) is 0.467. The molecule has 1 saturated heterocycles. The van der Waals surface area contributed by atoms with Gasteiger partial charge in [-0.3, -0.25) is 9.59 Å². The van der Waals surface area contributed by atoms with Gasteiger partial charge in [0.2, 0.25) is 0 Å². The minimum atomic E-state index is -0.849. The summed E-state index contributed by atoms with van der Waals surface area (Å²) in [5.41, 5.74) is 0. The van der Waals surface area contributed by atoms with Gasteiger partial charge in [-0.15, -0.1) is 0 Å². The number of amides is 1. The molecule has 1 aromatic carbocycles. The molecule has 1 aliphatic heterocycles. The van der Waals surface area contributed by atoms with E-state index in [1.807, 2.05) is 19.1 Å². The Morgan fingerprint density at radius 1 is 1.43 bits per heavy atom. The van der Waals surface area contributed by atoms with Crippen molar-refractivity contribution in [3.63, 3.8) is 0 Å². The summed E-state index contributed by atoms with van der Waals surface area (Å²) in [6, 6.07) is 7.27. The summed E-state index contributed by atoms with van der Waals surface area (Å²) < 4.78 is 6.51. The van der Waals surface area contributed by atoms with Crippen LogP contribution in [0.1, 0.15) is 13.8 Å². The van der Waals surface area contributed by atoms with Crippen LogP contribution < -0.4 is 4.74 Å². The van der Waals surface area contributed by atoms with Gasteiger partial charge in [-0.2, -0.15) is 0 Å². The fourth-order valence-electron chi connectivity index (χ4n) is 2.52. The van der Waals surface area contributed by atoms with Gasteiger partial charge in [-0.1, -0.05) is 28.9 Å². The van der Waals surface area contributed by atoms with Crippen LogP contribution in [0.15, 0.2) is 28.7 Å². The Balaban J connectivity index is 1.99. The number of halogens is 1. The van der Waals surface area contributed by atoms with E-state index in [9.17, 15) is 9.59 Å². The monoisotopic (exact) mass is 355 g/mol. The summed E-state index contributed by atoms with van der Waals surface area (Å²) >= 11 is 3.35. The maximum absolute atomic E-state index is 12.3. The Morgan fingerprint density at radius 2 is 2.14 bits per heavy atom. The van der Waals surface area contributed by atoms with Gasteiger partial charge in [0.05, 0.1) is 5.92 Å². The van der Waals surface area contributed by atoms with Gasteiger partial charge < -0.3 is 14.7 Å². The number of aliphatic carboxylic acids is 1. The number of carbonyl (C=O) groups excluding carboxylic acids is 1. The molecule has 1 N–H and O–H groups in total. The molecule has 2 rings (SSSR count). The molecule has 0 saturated carbocycles. The largest absolute Gasteiger partial charge is 0.481 e. The molecule has 1 heterocycles. The molecule has 1 aromatic rings. The van der Waals surface area contributed by atoms with Crippen LogP contribution in [0.3, 0.4) is 0 Å². The summed E-state index contributed by atoms with van der Waals surface area (Å²) in [6.07, 6.45) is -0.640. The summed E-state index contributed by atoms with van der Waals surface area (Å²) in [5.74, 6) is -0.951. The van der Waals surface area contributed by atoms with Crippen molar-refractivity contribution in [3.05, 3.63) is 28.7 Å². The molecular weight excluding hydrogens is 338 g/mol. The third kappa shape index (κ3) is 3.75. The molecule has 1 fully saturated rings. The van der Waals surface area contributed by atoms with E-state index in [0.29, 0.717) is 12.3 Å². The molecule has 0 aromatic heterocycles. The van der Waals surface area contributed by atoms with E-state index in [4.69, 9.17) is 9.84 Å². The van der Waals surface area contributed by atoms with Crippen molar-refractivity contribution < 1.29 is 19.4 Å². The molecule has 1 unspecified atom stereocenters. The molecule has 114 valence electrons. The first kappa shape index (κ1) is 15.8. The summed E-state index contributed by atoms with van der Waals surface area (Å²) in [7, 11) is 0. The number of carboxylic acids is 1. The Morgan fingerprint density at radius 3 is 2.71 bits per heavy atom. The molecule has 0 aliphatic carbocycles. The van der Waals surface area contributed by atoms with Crippen LogP contribution in [-0.4, -0.2) is 41.1 Å². The van der Waals surface area contributed by atoms with E-state index in [2.05, 4.69) is 15.9 Å². The first-order valence-electron chi connectivity index (χ1n) is 6.82. The standard InChI is InChI=1S/C15H18BrNO4/c1-9-7-17(8-13(9)15(19)20)14(18)10(2)21-12-5-3-4-11(16)6-12/h3-6,9-10,13H,7-8H2,1-2H3,(H,19,20)/t9-,10?,13-/m1/s1. The molecule has 0 bridgehead atoms. The number of nitrogens with zero attached hydrogens (tertiary/aromatic N) is 1. The molecule has 0 spiro atoms. The van der Waals surface area contributed by atoms with Crippen LogP contribution in [0, 0.1) is 11.8 Å². The number of rotatable bonds is 4. The predicted octanol–water partition coefficient (Wildman–Crippen LogP) is 2.40. The number of hydrogen-bond donors (Lipinski definition) is 1. The van der Waals surface area contributed by atoms with Crippen LogP contribution in [0.4, 0.5) is 0 Å². The number of likely N-dealkylation sites (tertiary alicyclic amines) is 1. The van der Waals surface area contributed by atoms with Crippen LogP contribution in [-0.2, 0) is 9.59 Å². The van der Waals surface area contributed by atoms with Gasteiger partial charge in [0.1, 0.15) is 5.75 Å². The molecule has 0 radical (unpaired) electrons. The highest BCUT2D eigenvalue weighted by atomic mass is 79.9. The van der Waals surface area contributed by atoms with E-state index in [0.717, 1.165) is 4.47 Å².